The highest BCUT2D eigenvalue weighted by molar-refractivity contribution is 5.95. The maximum absolute atomic E-state index is 12.7. The number of rotatable bonds is 6. The van der Waals surface area contributed by atoms with Crippen molar-refractivity contribution in [3.63, 3.8) is 0 Å². The molecule has 0 bridgehead atoms. The van der Waals surface area contributed by atoms with Crippen molar-refractivity contribution in [3.8, 4) is 0 Å². The van der Waals surface area contributed by atoms with Gasteiger partial charge in [-0.2, -0.15) is 13.2 Å². The van der Waals surface area contributed by atoms with Gasteiger partial charge in [0.2, 0.25) is 5.91 Å². The average Bonchev–Trinajstić information content (AvgIpc) is 3.40. The number of amides is 3. The Bertz CT molecular complexity index is 955. The van der Waals surface area contributed by atoms with Gasteiger partial charge in [0.1, 0.15) is 0 Å². The lowest BCUT2D eigenvalue weighted by Crippen LogP contribution is -2.35. The fourth-order valence-corrected chi connectivity index (χ4v) is 3.83. The van der Waals surface area contributed by atoms with Crippen molar-refractivity contribution in [2.45, 2.75) is 37.5 Å². The molecule has 2 fully saturated rings. The van der Waals surface area contributed by atoms with Crippen molar-refractivity contribution in [3.05, 3.63) is 59.7 Å². The van der Waals surface area contributed by atoms with Gasteiger partial charge in [0.05, 0.1) is 11.7 Å². The Kier molecular flexibility index (Phi) is 6.36. The third-order valence-electron chi connectivity index (χ3n) is 5.72. The fourth-order valence-electron chi connectivity index (χ4n) is 3.83. The monoisotopic (exact) mass is 447 g/mol. The minimum Gasteiger partial charge on any atom is -0.376 e. The number of carbonyl (C=O) groups excluding carboxylic acids is 2. The summed E-state index contributed by atoms with van der Waals surface area (Å²) in [4.78, 5) is 24.4. The minimum absolute atomic E-state index is 0.0622. The van der Waals surface area contributed by atoms with Gasteiger partial charge in [0, 0.05) is 30.4 Å². The third kappa shape index (κ3) is 5.59. The van der Waals surface area contributed by atoms with Crippen LogP contribution < -0.4 is 16.0 Å². The van der Waals surface area contributed by atoms with E-state index in [0.29, 0.717) is 24.3 Å². The molecule has 0 aromatic heterocycles. The van der Waals surface area contributed by atoms with Gasteiger partial charge in [0.25, 0.3) is 0 Å². The molecule has 1 saturated carbocycles. The van der Waals surface area contributed by atoms with Crippen LogP contribution >= 0.6 is 0 Å². The number of ether oxygens (including phenoxy) is 1. The summed E-state index contributed by atoms with van der Waals surface area (Å²) < 4.78 is 43.5. The molecule has 2 aromatic rings. The Hall–Kier alpha value is -3.07. The molecule has 1 saturated heterocycles. The SMILES string of the molecule is O=C(NCC1CCCO1)Nc1ccc(NC(=O)C2CC2c2ccc(C(F)(F)F)cc2)cc1. The number of benzene rings is 2. The number of halogens is 3. The summed E-state index contributed by atoms with van der Waals surface area (Å²) in [7, 11) is 0. The Morgan fingerprint density at radius 1 is 0.969 bits per heavy atom. The largest absolute Gasteiger partial charge is 0.416 e. The van der Waals surface area contributed by atoms with Crippen LogP contribution in [0.1, 0.15) is 36.3 Å². The first-order valence-electron chi connectivity index (χ1n) is 10.5. The molecular weight excluding hydrogens is 423 g/mol. The molecule has 6 nitrogen and oxygen atoms in total. The molecule has 3 N–H and O–H groups in total. The van der Waals surface area contributed by atoms with Crippen LogP contribution in [0, 0.1) is 5.92 Å². The van der Waals surface area contributed by atoms with Crippen LogP contribution in [0.4, 0.5) is 29.3 Å². The number of urea groups is 1. The number of alkyl halides is 3. The summed E-state index contributed by atoms with van der Waals surface area (Å²) >= 11 is 0. The number of carbonyl (C=O) groups is 2. The summed E-state index contributed by atoms with van der Waals surface area (Å²) in [5.74, 6) is -0.524. The summed E-state index contributed by atoms with van der Waals surface area (Å²) in [6.45, 7) is 1.19. The Morgan fingerprint density at radius 2 is 1.62 bits per heavy atom. The number of nitrogens with one attached hydrogen (secondary N) is 3. The van der Waals surface area contributed by atoms with Crippen molar-refractivity contribution in [1.82, 2.24) is 5.32 Å². The molecule has 4 rings (SSSR count). The number of hydrogen-bond acceptors (Lipinski definition) is 3. The first-order chi connectivity index (χ1) is 15.3. The second kappa shape index (κ2) is 9.20. The topological polar surface area (TPSA) is 79.5 Å². The van der Waals surface area contributed by atoms with E-state index in [1.165, 1.54) is 12.1 Å². The number of anilines is 2. The lowest BCUT2D eigenvalue weighted by Gasteiger charge is -2.12. The summed E-state index contributed by atoms with van der Waals surface area (Å²) in [6.07, 6.45) is -1.76. The van der Waals surface area contributed by atoms with E-state index in [1.807, 2.05) is 0 Å². The van der Waals surface area contributed by atoms with Crippen LogP contribution in [-0.2, 0) is 15.7 Å². The van der Waals surface area contributed by atoms with E-state index < -0.39 is 11.7 Å². The van der Waals surface area contributed by atoms with Crippen molar-refractivity contribution >= 4 is 23.3 Å². The van der Waals surface area contributed by atoms with Crippen molar-refractivity contribution < 1.29 is 27.5 Å². The standard InChI is InChI=1S/C23H24F3N3O3/c24-23(25,26)15-5-3-14(4-6-15)19-12-20(19)21(30)28-16-7-9-17(10-8-16)29-22(31)27-13-18-2-1-11-32-18/h3-10,18-20H,1-2,11-13H2,(H,28,30)(H2,27,29,31). The molecule has 2 aliphatic rings. The molecule has 3 atom stereocenters. The molecule has 1 heterocycles. The molecule has 32 heavy (non-hydrogen) atoms. The lowest BCUT2D eigenvalue weighted by atomic mass is 10.1. The summed E-state index contributed by atoms with van der Waals surface area (Å²) in [5, 5.41) is 8.31. The Labute approximate surface area is 183 Å². The van der Waals surface area contributed by atoms with Gasteiger partial charge in [-0.05, 0) is 67.1 Å². The van der Waals surface area contributed by atoms with Crippen molar-refractivity contribution in [2.75, 3.05) is 23.8 Å². The Morgan fingerprint density at radius 3 is 2.22 bits per heavy atom. The quantitative estimate of drug-likeness (QED) is 0.598. The molecule has 170 valence electrons. The van der Waals surface area contributed by atoms with Gasteiger partial charge in [-0.15, -0.1) is 0 Å². The van der Waals surface area contributed by atoms with E-state index >= 15 is 0 Å². The van der Waals surface area contributed by atoms with E-state index in [0.717, 1.165) is 37.1 Å². The smallest absolute Gasteiger partial charge is 0.376 e. The zero-order valence-corrected chi connectivity index (χ0v) is 17.2. The van der Waals surface area contributed by atoms with Gasteiger partial charge >= 0.3 is 12.2 Å². The molecular formula is C23H24F3N3O3. The minimum atomic E-state index is -4.37. The third-order valence-corrected chi connectivity index (χ3v) is 5.72. The van der Waals surface area contributed by atoms with Gasteiger partial charge in [-0.25, -0.2) is 4.79 Å². The first kappa shape index (κ1) is 22.1. The van der Waals surface area contributed by atoms with Crippen molar-refractivity contribution in [1.29, 1.82) is 0 Å². The highest BCUT2D eigenvalue weighted by Gasteiger charge is 2.44. The van der Waals surface area contributed by atoms with E-state index in [2.05, 4.69) is 16.0 Å². The zero-order chi connectivity index (χ0) is 22.7. The molecule has 0 radical (unpaired) electrons. The highest BCUT2D eigenvalue weighted by atomic mass is 19.4. The summed E-state index contributed by atoms with van der Waals surface area (Å²) in [5.41, 5.74) is 1.20. The van der Waals surface area contributed by atoms with E-state index in [4.69, 9.17) is 4.74 Å². The highest BCUT2D eigenvalue weighted by Crippen LogP contribution is 2.48. The van der Waals surface area contributed by atoms with Crippen LogP contribution in [0.25, 0.3) is 0 Å². The second-order valence-electron chi connectivity index (χ2n) is 8.11. The van der Waals surface area contributed by atoms with Gasteiger partial charge in [0.15, 0.2) is 0 Å². The van der Waals surface area contributed by atoms with Crippen molar-refractivity contribution in [2.24, 2.45) is 5.92 Å². The Balaban J connectivity index is 1.24. The number of hydrogen-bond donors (Lipinski definition) is 3. The molecule has 1 aliphatic carbocycles. The predicted molar refractivity (Wildman–Crippen MR) is 113 cm³/mol. The molecule has 0 spiro atoms. The van der Waals surface area contributed by atoms with Crippen LogP contribution in [0.5, 0.6) is 0 Å². The van der Waals surface area contributed by atoms with E-state index in [9.17, 15) is 22.8 Å². The van der Waals surface area contributed by atoms with Crippen LogP contribution in [0.15, 0.2) is 48.5 Å². The average molecular weight is 447 g/mol. The van der Waals surface area contributed by atoms with Crippen LogP contribution in [-0.4, -0.2) is 31.2 Å². The van der Waals surface area contributed by atoms with Gasteiger partial charge in [-0.1, -0.05) is 12.1 Å². The van der Waals surface area contributed by atoms with E-state index in [1.54, 1.807) is 24.3 Å². The lowest BCUT2D eigenvalue weighted by molar-refractivity contribution is -0.137. The maximum atomic E-state index is 12.7. The first-order valence-corrected chi connectivity index (χ1v) is 10.5. The molecule has 1 aliphatic heterocycles. The molecule has 9 heteroatoms. The predicted octanol–water partition coefficient (Wildman–Crippen LogP) is 4.75. The van der Waals surface area contributed by atoms with Crippen LogP contribution in [0.2, 0.25) is 0 Å². The fraction of sp³-hybridized carbons (Fsp3) is 0.391. The molecule has 2 aromatic carbocycles. The normalized spacial score (nSPS) is 22.3. The van der Waals surface area contributed by atoms with Gasteiger partial charge < -0.3 is 20.7 Å². The van der Waals surface area contributed by atoms with E-state index in [-0.39, 0.29) is 29.9 Å². The maximum Gasteiger partial charge on any atom is 0.416 e. The molecule has 3 amide bonds. The molecule has 3 unspecified atom stereocenters. The second-order valence-corrected chi connectivity index (χ2v) is 8.11. The van der Waals surface area contributed by atoms with Gasteiger partial charge in [-0.3, -0.25) is 4.79 Å². The zero-order valence-electron chi connectivity index (χ0n) is 17.2. The van der Waals surface area contributed by atoms with Crippen LogP contribution in [0.3, 0.4) is 0 Å². The summed E-state index contributed by atoms with van der Waals surface area (Å²) in [6, 6.07) is 11.4.